The number of alkyl carbamates (subject to hydrolysis) is 1. The van der Waals surface area contributed by atoms with Crippen molar-refractivity contribution >= 4 is 23.1 Å². The number of carbonyl (C=O) groups excluding carboxylic acids is 2. The molecule has 0 bridgehead atoms. The summed E-state index contributed by atoms with van der Waals surface area (Å²) >= 11 is 0. The minimum absolute atomic E-state index is 0.276. The van der Waals surface area contributed by atoms with Crippen LogP contribution in [-0.4, -0.2) is 47.4 Å². The average Bonchev–Trinajstić information content (AvgIpc) is 3.00. The van der Waals surface area contributed by atoms with Crippen molar-refractivity contribution in [3.05, 3.63) is 36.0 Å². The van der Waals surface area contributed by atoms with E-state index in [-0.39, 0.29) is 6.54 Å². The zero-order valence-corrected chi connectivity index (χ0v) is 15.8. The molecule has 0 saturated carbocycles. The lowest BCUT2D eigenvalue weighted by Crippen LogP contribution is -2.40. The second-order valence-electron chi connectivity index (χ2n) is 6.95. The molecule has 2 N–H and O–H groups in total. The number of fused-ring (bicyclic) bond motifs is 1. The van der Waals surface area contributed by atoms with E-state index in [1.807, 2.05) is 30.5 Å². The van der Waals surface area contributed by atoms with Crippen molar-refractivity contribution in [2.75, 3.05) is 19.7 Å². The summed E-state index contributed by atoms with van der Waals surface area (Å²) in [5.74, 6) is 0. The Morgan fingerprint density at radius 1 is 1.23 bits per heavy atom. The molecular formula is C19H27N3O4. The predicted octanol–water partition coefficient (Wildman–Crippen LogP) is 3.65. The van der Waals surface area contributed by atoms with Gasteiger partial charge in [-0.3, -0.25) is 0 Å². The third-order valence-electron chi connectivity index (χ3n) is 3.57. The van der Waals surface area contributed by atoms with Crippen LogP contribution in [0.5, 0.6) is 0 Å². The summed E-state index contributed by atoms with van der Waals surface area (Å²) < 4.78 is 10.3. The molecule has 0 fully saturated rings. The monoisotopic (exact) mass is 361 g/mol. The summed E-state index contributed by atoms with van der Waals surface area (Å²) in [6.45, 7) is 8.45. The summed E-state index contributed by atoms with van der Waals surface area (Å²) in [6, 6.07) is 7.98. The van der Waals surface area contributed by atoms with E-state index >= 15 is 0 Å². The molecule has 0 spiro atoms. The van der Waals surface area contributed by atoms with Crippen LogP contribution in [0.25, 0.3) is 10.9 Å². The molecule has 1 aromatic heterocycles. The summed E-state index contributed by atoms with van der Waals surface area (Å²) in [5.41, 5.74) is 1.43. The fraction of sp³-hybridized carbons (Fsp3) is 0.474. The number of hydrogen-bond acceptors (Lipinski definition) is 4. The van der Waals surface area contributed by atoms with Gasteiger partial charge in [0, 0.05) is 31.3 Å². The van der Waals surface area contributed by atoms with Crippen LogP contribution in [0.2, 0.25) is 0 Å². The average molecular weight is 361 g/mol. The van der Waals surface area contributed by atoms with Crippen LogP contribution in [-0.2, 0) is 16.0 Å². The maximum absolute atomic E-state index is 12.2. The number of hydrogen-bond donors (Lipinski definition) is 2. The molecule has 7 heteroatoms. The van der Waals surface area contributed by atoms with E-state index in [1.54, 1.807) is 32.6 Å². The Morgan fingerprint density at radius 3 is 2.69 bits per heavy atom. The number of nitrogens with one attached hydrogen (secondary N) is 2. The Morgan fingerprint density at radius 2 is 2.00 bits per heavy atom. The SMILES string of the molecule is CCOC(=O)N(CCNC(=O)OC(C)(C)C)Cc1ccc2cc[nH]c2c1. The Kier molecular flexibility index (Phi) is 6.49. The highest BCUT2D eigenvalue weighted by Crippen LogP contribution is 2.16. The molecule has 1 heterocycles. The Labute approximate surface area is 153 Å². The van der Waals surface area contributed by atoms with E-state index in [9.17, 15) is 9.59 Å². The van der Waals surface area contributed by atoms with Gasteiger partial charge in [-0.15, -0.1) is 0 Å². The van der Waals surface area contributed by atoms with Crippen molar-refractivity contribution < 1.29 is 19.1 Å². The minimum Gasteiger partial charge on any atom is -0.450 e. The molecule has 0 aliphatic heterocycles. The van der Waals surface area contributed by atoms with Gasteiger partial charge in [0.2, 0.25) is 0 Å². The Hall–Kier alpha value is -2.70. The molecule has 0 saturated heterocycles. The van der Waals surface area contributed by atoms with Crippen molar-refractivity contribution in [2.45, 2.75) is 39.8 Å². The third kappa shape index (κ3) is 5.98. The van der Waals surface area contributed by atoms with Gasteiger partial charge in [-0.25, -0.2) is 9.59 Å². The van der Waals surface area contributed by atoms with Crippen molar-refractivity contribution in [3.8, 4) is 0 Å². The summed E-state index contributed by atoms with van der Waals surface area (Å²) in [5, 5.41) is 3.78. The van der Waals surface area contributed by atoms with Crippen LogP contribution in [0, 0.1) is 0 Å². The number of aromatic amines is 1. The molecule has 0 unspecified atom stereocenters. The van der Waals surface area contributed by atoms with E-state index in [1.165, 1.54) is 0 Å². The standard InChI is InChI=1S/C19H27N3O4/c1-5-25-18(24)22(11-10-21-17(23)26-19(2,3)4)13-14-6-7-15-8-9-20-16(15)12-14/h6-9,12,20H,5,10-11,13H2,1-4H3,(H,21,23). The zero-order chi connectivity index (χ0) is 19.2. The second kappa shape index (κ2) is 8.60. The van der Waals surface area contributed by atoms with Crippen LogP contribution in [0.4, 0.5) is 9.59 Å². The first kappa shape index (κ1) is 19.6. The molecule has 2 amide bonds. The molecule has 0 radical (unpaired) electrons. The second-order valence-corrected chi connectivity index (χ2v) is 6.95. The zero-order valence-electron chi connectivity index (χ0n) is 15.8. The van der Waals surface area contributed by atoms with Gasteiger partial charge in [0.1, 0.15) is 5.60 Å². The van der Waals surface area contributed by atoms with Gasteiger partial charge in [-0.2, -0.15) is 0 Å². The van der Waals surface area contributed by atoms with E-state index in [4.69, 9.17) is 9.47 Å². The number of ether oxygens (including phenoxy) is 2. The minimum atomic E-state index is -0.559. The number of amides is 2. The van der Waals surface area contributed by atoms with Crippen LogP contribution in [0.3, 0.4) is 0 Å². The lowest BCUT2D eigenvalue weighted by Gasteiger charge is -2.23. The van der Waals surface area contributed by atoms with Crippen LogP contribution < -0.4 is 5.32 Å². The number of benzene rings is 1. The molecule has 1 aromatic carbocycles. The lowest BCUT2D eigenvalue weighted by atomic mass is 10.1. The van der Waals surface area contributed by atoms with E-state index in [2.05, 4.69) is 10.3 Å². The smallest absolute Gasteiger partial charge is 0.410 e. The normalized spacial score (nSPS) is 11.2. The molecule has 7 nitrogen and oxygen atoms in total. The topological polar surface area (TPSA) is 83.7 Å². The first-order chi connectivity index (χ1) is 12.3. The summed E-state index contributed by atoms with van der Waals surface area (Å²) in [6.07, 6.45) is 0.960. The van der Waals surface area contributed by atoms with E-state index in [0.29, 0.717) is 19.7 Å². The lowest BCUT2D eigenvalue weighted by molar-refractivity contribution is 0.0516. The van der Waals surface area contributed by atoms with Gasteiger partial charge in [0.25, 0.3) is 0 Å². The highest BCUT2D eigenvalue weighted by molar-refractivity contribution is 5.80. The molecule has 2 aromatic rings. The Balaban J connectivity index is 1.96. The fourth-order valence-electron chi connectivity index (χ4n) is 2.47. The van der Waals surface area contributed by atoms with E-state index in [0.717, 1.165) is 16.5 Å². The van der Waals surface area contributed by atoms with Gasteiger partial charge < -0.3 is 24.7 Å². The molecule has 142 valence electrons. The number of nitrogens with zero attached hydrogens (tertiary/aromatic N) is 1. The first-order valence-electron chi connectivity index (χ1n) is 8.73. The highest BCUT2D eigenvalue weighted by atomic mass is 16.6. The molecular weight excluding hydrogens is 334 g/mol. The van der Waals surface area contributed by atoms with Crippen LogP contribution in [0.15, 0.2) is 30.5 Å². The maximum atomic E-state index is 12.2. The molecule has 0 aliphatic rings. The Bertz CT molecular complexity index is 749. The third-order valence-corrected chi connectivity index (χ3v) is 3.57. The molecule has 2 rings (SSSR count). The highest BCUT2D eigenvalue weighted by Gasteiger charge is 2.18. The van der Waals surface area contributed by atoms with Crippen molar-refractivity contribution in [1.29, 1.82) is 0 Å². The number of carbonyl (C=O) groups is 2. The fourth-order valence-corrected chi connectivity index (χ4v) is 2.47. The number of H-pyrrole nitrogens is 1. The largest absolute Gasteiger partial charge is 0.450 e. The number of aromatic nitrogens is 1. The summed E-state index contributed by atoms with van der Waals surface area (Å²) in [4.78, 5) is 28.7. The van der Waals surface area contributed by atoms with Crippen molar-refractivity contribution in [3.63, 3.8) is 0 Å². The molecule has 26 heavy (non-hydrogen) atoms. The van der Waals surface area contributed by atoms with Gasteiger partial charge in [0.15, 0.2) is 0 Å². The van der Waals surface area contributed by atoms with Gasteiger partial charge >= 0.3 is 12.2 Å². The summed E-state index contributed by atoms with van der Waals surface area (Å²) in [7, 11) is 0. The van der Waals surface area contributed by atoms with Crippen LogP contribution >= 0.6 is 0 Å². The van der Waals surface area contributed by atoms with Crippen molar-refractivity contribution in [1.82, 2.24) is 15.2 Å². The van der Waals surface area contributed by atoms with Gasteiger partial charge in [-0.1, -0.05) is 12.1 Å². The predicted molar refractivity (Wildman–Crippen MR) is 100.0 cm³/mol. The first-order valence-corrected chi connectivity index (χ1v) is 8.73. The van der Waals surface area contributed by atoms with Gasteiger partial charge in [-0.05, 0) is 50.8 Å². The van der Waals surface area contributed by atoms with Crippen LogP contribution in [0.1, 0.15) is 33.3 Å². The maximum Gasteiger partial charge on any atom is 0.410 e. The molecule has 0 aliphatic carbocycles. The van der Waals surface area contributed by atoms with Gasteiger partial charge in [0.05, 0.1) is 6.61 Å². The quantitative estimate of drug-likeness (QED) is 0.822. The number of rotatable bonds is 6. The van der Waals surface area contributed by atoms with E-state index < -0.39 is 17.8 Å². The van der Waals surface area contributed by atoms with Crippen molar-refractivity contribution in [2.24, 2.45) is 0 Å². The molecule has 0 atom stereocenters.